The zero-order chi connectivity index (χ0) is 12.4. The van der Waals surface area contributed by atoms with E-state index in [-0.39, 0.29) is 12.5 Å². The van der Waals surface area contributed by atoms with Gasteiger partial charge in [-0.2, -0.15) is 0 Å². The van der Waals surface area contributed by atoms with Gasteiger partial charge < -0.3 is 15.5 Å². The van der Waals surface area contributed by atoms with Crippen LogP contribution in [0, 0.1) is 0 Å². The number of nitrogen functional groups attached to an aromatic ring is 1. The van der Waals surface area contributed by atoms with E-state index in [2.05, 4.69) is 5.32 Å². The number of benzene rings is 1. The molecule has 0 bridgehead atoms. The van der Waals surface area contributed by atoms with Crippen LogP contribution in [0.25, 0.3) is 11.1 Å². The number of oxazole rings is 1. The predicted molar refractivity (Wildman–Crippen MR) is 63.6 cm³/mol. The summed E-state index contributed by atoms with van der Waals surface area (Å²) in [4.78, 5) is 23.0. The highest BCUT2D eigenvalue weighted by atomic mass is 16.4. The minimum atomic E-state index is -0.558. The largest absolute Gasteiger partial charge is 0.420 e. The fourth-order valence-electron chi connectivity index (χ4n) is 1.63. The maximum Gasteiger partial charge on any atom is 0.420 e. The van der Waals surface area contributed by atoms with Crippen molar-refractivity contribution in [1.82, 2.24) is 9.88 Å². The fraction of sp³-hybridized carbons (Fsp3) is 0.273. The topological polar surface area (TPSA) is 90.3 Å². The van der Waals surface area contributed by atoms with Gasteiger partial charge in [0.25, 0.3) is 0 Å². The fourth-order valence-corrected chi connectivity index (χ4v) is 1.63. The van der Waals surface area contributed by atoms with Crippen LogP contribution >= 0.6 is 0 Å². The molecule has 0 aliphatic heterocycles. The number of nitrogens with one attached hydrogen (secondary N) is 1. The third-order valence-corrected chi connectivity index (χ3v) is 2.37. The lowest BCUT2D eigenvalue weighted by atomic mass is 10.3. The Kier molecular flexibility index (Phi) is 2.86. The lowest BCUT2D eigenvalue weighted by Gasteiger charge is -2.02. The molecular weight excluding hydrogens is 222 g/mol. The van der Waals surface area contributed by atoms with Crippen molar-refractivity contribution in [2.24, 2.45) is 0 Å². The van der Waals surface area contributed by atoms with Crippen molar-refractivity contribution in [2.45, 2.75) is 13.5 Å². The van der Waals surface area contributed by atoms with Crippen LogP contribution < -0.4 is 16.8 Å². The van der Waals surface area contributed by atoms with Crippen molar-refractivity contribution in [3.63, 3.8) is 0 Å². The number of nitrogens with zero attached hydrogens (tertiary/aromatic N) is 1. The van der Waals surface area contributed by atoms with Crippen molar-refractivity contribution in [2.75, 3.05) is 12.3 Å². The van der Waals surface area contributed by atoms with Crippen molar-refractivity contribution >= 4 is 22.7 Å². The molecule has 6 heteroatoms. The van der Waals surface area contributed by atoms with Crippen LogP contribution in [0.5, 0.6) is 0 Å². The molecule has 90 valence electrons. The van der Waals surface area contributed by atoms with Crippen LogP contribution in [0.3, 0.4) is 0 Å². The Morgan fingerprint density at radius 1 is 1.53 bits per heavy atom. The normalized spacial score (nSPS) is 10.6. The minimum absolute atomic E-state index is 0.0520. The van der Waals surface area contributed by atoms with Gasteiger partial charge in [-0.3, -0.25) is 9.36 Å². The molecule has 1 aromatic heterocycles. The van der Waals surface area contributed by atoms with E-state index in [1.54, 1.807) is 18.2 Å². The molecule has 2 rings (SSSR count). The average molecular weight is 235 g/mol. The first-order valence-electron chi connectivity index (χ1n) is 5.27. The smallest absolute Gasteiger partial charge is 0.408 e. The quantitative estimate of drug-likeness (QED) is 0.749. The van der Waals surface area contributed by atoms with E-state index in [9.17, 15) is 9.59 Å². The molecule has 0 radical (unpaired) electrons. The van der Waals surface area contributed by atoms with Gasteiger partial charge in [-0.25, -0.2) is 4.79 Å². The molecule has 0 atom stereocenters. The number of hydrogen-bond acceptors (Lipinski definition) is 4. The molecule has 1 aromatic carbocycles. The number of anilines is 1. The van der Waals surface area contributed by atoms with E-state index in [1.807, 2.05) is 6.92 Å². The van der Waals surface area contributed by atoms with Crippen molar-refractivity contribution < 1.29 is 9.21 Å². The Balaban J connectivity index is 2.43. The Bertz CT molecular complexity index is 612. The number of carbonyl (C=O) groups is 1. The van der Waals surface area contributed by atoms with Gasteiger partial charge in [-0.1, -0.05) is 0 Å². The molecule has 0 spiro atoms. The number of hydrogen-bond donors (Lipinski definition) is 2. The predicted octanol–water partition coefficient (Wildman–Crippen LogP) is 0.313. The van der Waals surface area contributed by atoms with Crippen LogP contribution in [0.2, 0.25) is 0 Å². The molecule has 0 aliphatic rings. The summed E-state index contributed by atoms with van der Waals surface area (Å²) < 4.78 is 6.28. The summed E-state index contributed by atoms with van der Waals surface area (Å²) in [5, 5.41) is 2.62. The summed E-state index contributed by atoms with van der Waals surface area (Å²) in [6.07, 6.45) is 0. The van der Waals surface area contributed by atoms with Crippen LogP contribution in [-0.4, -0.2) is 17.0 Å². The first-order chi connectivity index (χ1) is 8.11. The number of likely N-dealkylation sites (N-methyl/N-ethyl adjacent to an activating group) is 1. The van der Waals surface area contributed by atoms with E-state index in [0.29, 0.717) is 23.3 Å². The van der Waals surface area contributed by atoms with Crippen LogP contribution in [0.1, 0.15) is 6.92 Å². The van der Waals surface area contributed by atoms with Crippen molar-refractivity contribution in [3.05, 3.63) is 28.7 Å². The first kappa shape index (κ1) is 11.3. The minimum Gasteiger partial charge on any atom is -0.408 e. The standard InChI is InChI=1S/C11H13N3O3/c1-2-13-10(15)6-14-8-4-3-7(12)5-9(8)17-11(14)16/h3-5H,2,6,12H2,1H3,(H,13,15). The lowest BCUT2D eigenvalue weighted by molar-refractivity contribution is -0.121. The molecule has 1 heterocycles. The highest BCUT2D eigenvalue weighted by molar-refractivity contribution is 5.81. The molecule has 0 saturated carbocycles. The number of aromatic nitrogens is 1. The summed E-state index contributed by atoms with van der Waals surface area (Å²) in [7, 11) is 0. The summed E-state index contributed by atoms with van der Waals surface area (Å²) in [5.74, 6) is -0.786. The third-order valence-electron chi connectivity index (χ3n) is 2.37. The second kappa shape index (κ2) is 4.32. The molecular formula is C11H13N3O3. The number of rotatable bonds is 3. The van der Waals surface area contributed by atoms with Crippen molar-refractivity contribution in [1.29, 1.82) is 0 Å². The second-order valence-corrected chi connectivity index (χ2v) is 3.63. The van der Waals surface area contributed by atoms with E-state index in [1.165, 1.54) is 4.57 Å². The van der Waals surface area contributed by atoms with Gasteiger partial charge in [0.1, 0.15) is 6.54 Å². The van der Waals surface area contributed by atoms with E-state index in [0.717, 1.165) is 0 Å². The zero-order valence-electron chi connectivity index (χ0n) is 9.40. The highest BCUT2D eigenvalue weighted by Crippen LogP contribution is 2.15. The van der Waals surface area contributed by atoms with E-state index in [4.69, 9.17) is 10.2 Å². The van der Waals surface area contributed by atoms with Gasteiger partial charge in [0.2, 0.25) is 5.91 Å². The summed E-state index contributed by atoms with van der Waals surface area (Å²) >= 11 is 0. The Morgan fingerprint density at radius 2 is 2.29 bits per heavy atom. The van der Waals surface area contributed by atoms with Crippen LogP contribution in [0.4, 0.5) is 5.69 Å². The van der Waals surface area contributed by atoms with Gasteiger partial charge in [0.15, 0.2) is 5.58 Å². The average Bonchev–Trinajstić information content (AvgIpc) is 2.55. The van der Waals surface area contributed by atoms with Gasteiger partial charge in [0, 0.05) is 18.3 Å². The highest BCUT2D eigenvalue weighted by Gasteiger charge is 2.12. The molecule has 0 saturated heterocycles. The molecule has 0 unspecified atom stereocenters. The van der Waals surface area contributed by atoms with Gasteiger partial charge in [-0.05, 0) is 19.1 Å². The number of nitrogens with two attached hydrogens (primary N) is 1. The van der Waals surface area contributed by atoms with Gasteiger partial charge >= 0.3 is 5.76 Å². The zero-order valence-corrected chi connectivity index (χ0v) is 9.40. The summed E-state index contributed by atoms with van der Waals surface area (Å²) in [6.45, 7) is 2.29. The molecule has 0 aliphatic carbocycles. The van der Waals surface area contributed by atoms with Crippen molar-refractivity contribution in [3.8, 4) is 0 Å². The third kappa shape index (κ3) is 2.15. The molecule has 6 nitrogen and oxygen atoms in total. The SMILES string of the molecule is CCNC(=O)Cn1c(=O)oc2cc(N)ccc21. The number of carbonyl (C=O) groups excluding carboxylic acids is 1. The molecule has 1 amide bonds. The van der Waals surface area contributed by atoms with E-state index < -0.39 is 5.76 Å². The first-order valence-corrected chi connectivity index (χ1v) is 5.27. The monoisotopic (exact) mass is 235 g/mol. The molecule has 3 N–H and O–H groups in total. The van der Waals surface area contributed by atoms with Crippen LogP contribution in [-0.2, 0) is 11.3 Å². The summed E-state index contributed by atoms with van der Waals surface area (Å²) in [5.41, 5.74) is 7.05. The maximum atomic E-state index is 11.6. The van der Waals surface area contributed by atoms with Crippen LogP contribution in [0.15, 0.2) is 27.4 Å². The second-order valence-electron chi connectivity index (χ2n) is 3.63. The molecule has 17 heavy (non-hydrogen) atoms. The van der Waals surface area contributed by atoms with Gasteiger partial charge in [0.05, 0.1) is 5.52 Å². The molecule has 2 aromatic rings. The van der Waals surface area contributed by atoms with E-state index >= 15 is 0 Å². The van der Waals surface area contributed by atoms with Gasteiger partial charge in [-0.15, -0.1) is 0 Å². The maximum absolute atomic E-state index is 11.6. The lowest BCUT2D eigenvalue weighted by Crippen LogP contribution is -2.30. The Hall–Kier alpha value is -2.24. The molecule has 0 fully saturated rings. The Morgan fingerprint density at radius 3 is 3.00 bits per heavy atom. The number of fused-ring (bicyclic) bond motifs is 1. The number of amides is 1. The Labute approximate surface area is 97.0 Å². The summed E-state index contributed by atoms with van der Waals surface area (Å²) in [6, 6.07) is 4.88.